The highest BCUT2D eigenvalue weighted by Gasteiger charge is 2.29. The summed E-state index contributed by atoms with van der Waals surface area (Å²) in [6.45, 7) is 7.42. The molecule has 2 aromatic rings. The van der Waals surface area contributed by atoms with Gasteiger partial charge < -0.3 is 14.4 Å². The number of halogens is 1. The quantitative estimate of drug-likeness (QED) is 0.645. The van der Waals surface area contributed by atoms with Gasteiger partial charge >= 0.3 is 6.09 Å². The van der Waals surface area contributed by atoms with Gasteiger partial charge in [-0.05, 0) is 67.6 Å². The van der Waals surface area contributed by atoms with Crippen molar-refractivity contribution in [1.82, 2.24) is 14.7 Å². The summed E-state index contributed by atoms with van der Waals surface area (Å²) >= 11 is 2.31. The number of fused-ring (bicyclic) bond motifs is 1. The summed E-state index contributed by atoms with van der Waals surface area (Å²) < 4.78 is 13.8. The second-order valence-electron chi connectivity index (χ2n) is 6.96. The molecule has 0 saturated heterocycles. The van der Waals surface area contributed by atoms with Crippen LogP contribution in [0.3, 0.4) is 0 Å². The van der Waals surface area contributed by atoms with E-state index >= 15 is 0 Å². The minimum Gasteiger partial charge on any atom is -0.497 e. The Kier molecular flexibility index (Phi) is 4.95. The number of carbonyl (C=O) groups excluding carboxylic acids is 1. The van der Waals surface area contributed by atoms with E-state index in [1.54, 1.807) is 12.0 Å². The summed E-state index contributed by atoms with van der Waals surface area (Å²) in [5.41, 5.74) is 2.53. The number of methoxy groups -OCH3 is 1. The maximum atomic E-state index is 12.3. The van der Waals surface area contributed by atoms with E-state index in [1.807, 2.05) is 49.7 Å². The first-order valence-electron chi connectivity index (χ1n) is 8.16. The van der Waals surface area contributed by atoms with E-state index in [4.69, 9.17) is 14.6 Å². The molecule has 134 valence electrons. The van der Waals surface area contributed by atoms with E-state index < -0.39 is 5.60 Å². The van der Waals surface area contributed by atoms with Gasteiger partial charge in [0.15, 0.2) is 0 Å². The number of ether oxygens (including phenoxy) is 2. The molecule has 1 aromatic carbocycles. The summed E-state index contributed by atoms with van der Waals surface area (Å²) in [6, 6.07) is 7.86. The van der Waals surface area contributed by atoms with Crippen molar-refractivity contribution < 1.29 is 14.3 Å². The van der Waals surface area contributed by atoms with Gasteiger partial charge in [-0.2, -0.15) is 5.10 Å². The first-order valence-corrected chi connectivity index (χ1v) is 9.24. The molecule has 6 nitrogen and oxygen atoms in total. The molecule has 0 atom stereocenters. The van der Waals surface area contributed by atoms with Crippen molar-refractivity contribution in [3.8, 4) is 17.0 Å². The largest absolute Gasteiger partial charge is 0.497 e. The topological polar surface area (TPSA) is 56.6 Å². The molecule has 25 heavy (non-hydrogen) atoms. The number of hydrogen-bond acceptors (Lipinski definition) is 4. The molecule has 3 rings (SSSR count). The highest BCUT2D eigenvalue weighted by molar-refractivity contribution is 14.1. The van der Waals surface area contributed by atoms with Crippen LogP contribution in [0, 0.1) is 3.57 Å². The number of hydrogen-bond donors (Lipinski definition) is 0. The van der Waals surface area contributed by atoms with Gasteiger partial charge in [0, 0.05) is 12.1 Å². The monoisotopic (exact) mass is 455 g/mol. The van der Waals surface area contributed by atoms with Gasteiger partial charge in [-0.3, -0.25) is 4.68 Å². The van der Waals surface area contributed by atoms with E-state index in [1.165, 1.54) is 0 Å². The van der Waals surface area contributed by atoms with Gasteiger partial charge in [0.05, 0.1) is 29.5 Å². The molecule has 1 amide bonds. The molecule has 0 saturated carbocycles. The number of nitrogens with zero attached hydrogens (tertiary/aromatic N) is 3. The zero-order valence-electron chi connectivity index (χ0n) is 14.9. The van der Waals surface area contributed by atoms with E-state index in [9.17, 15) is 4.79 Å². The fraction of sp³-hybridized carbons (Fsp3) is 0.444. The summed E-state index contributed by atoms with van der Waals surface area (Å²) in [4.78, 5) is 14.1. The molecular formula is C18H22IN3O3. The third-order valence-electron chi connectivity index (χ3n) is 3.93. The van der Waals surface area contributed by atoms with Crippen molar-refractivity contribution in [2.24, 2.45) is 0 Å². The van der Waals surface area contributed by atoms with Crippen LogP contribution in [0.15, 0.2) is 24.3 Å². The maximum Gasteiger partial charge on any atom is 0.410 e. The van der Waals surface area contributed by atoms with Crippen LogP contribution in [0.2, 0.25) is 0 Å². The lowest BCUT2D eigenvalue weighted by Crippen LogP contribution is -2.41. The third-order valence-corrected chi connectivity index (χ3v) is 5.06. The molecule has 0 N–H and O–H groups in total. The van der Waals surface area contributed by atoms with Crippen LogP contribution in [0.25, 0.3) is 11.3 Å². The van der Waals surface area contributed by atoms with Crippen LogP contribution < -0.4 is 4.74 Å². The predicted molar refractivity (Wildman–Crippen MR) is 104 cm³/mol. The summed E-state index contributed by atoms with van der Waals surface area (Å²) in [5.74, 6) is 0.818. The highest BCUT2D eigenvalue weighted by Crippen LogP contribution is 2.30. The average molecular weight is 455 g/mol. The van der Waals surface area contributed by atoms with Gasteiger partial charge in [-0.25, -0.2) is 4.79 Å². The van der Waals surface area contributed by atoms with Crippen LogP contribution in [0.1, 0.15) is 26.5 Å². The van der Waals surface area contributed by atoms with Gasteiger partial charge in [0.2, 0.25) is 0 Å². The molecule has 1 aliphatic rings. The lowest BCUT2D eigenvalue weighted by Gasteiger charge is -2.30. The molecule has 0 unspecified atom stereocenters. The van der Waals surface area contributed by atoms with Crippen molar-refractivity contribution in [3.63, 3.8) is 0 Å². The Balaban J connectivity index is 1.83. The molecule has 0 radical (unpaired) electrons. The number of aromatic nitrogens is 2. The fourth-order valence-corrected chi connectivity index (χ4v) is 3.57. The molecule has 0 fully saturated rings. The van der Waals surface area contributed by atoms with Crippen LogP contribution >= 0.6 is 22.6 Å². The number of amides is 1. The second kappa shape index (κ2) is 6.86. The summed E-state index contributed by atoms with van der Waals surface area (Å²) in [5, 5.41) is 4.73. The lowest BCUT2D eigenvalue weighted by molar-refractivity contribution is 0.0194. The molecule has 1 aromatic heterocycles. The maximum absolute atomic E-state index is 12.3. The molecular weight excluding hydrogens is 433 g/mol. The lowest BCUT2D eigenvalue weighted by atomic mass is 10.1. The molecule has 1 aliphatic heterocycles. The Morgan fingerprint density at radius 3 is 2.48 bits per heavy atom. The van der Waals surface area contributed by atoms with Crippen LogP contribution in [0.5, 0.6) is 5.75 Å². The zero-order valence-corrected chi connectivity index (χ0v) is 17.0. The average Bonchev–Trinajstić information content (AvgIpc) is 2.90. The van der Waals surface area contributed by atoms with Crippen molar-refractivity contribution >= 4 is 28.7 Å². The molecule has 0 spiro atoms. The third kappa shape index (κ3) is 3.91. The van der Waals surface area contributed by atoms with Crippen LogP contribution in [-0.2, 0) is 17.8 Å². The summed E-state index contributed by atoms with van der Waals surface area (Å²) in [6.07, 6.45) is -0.276. The molecule has 2 heterocycles. The zero-order chi connectivity index (χ0) is 18.2. The van der Waals surface area contributed by atoms with E-state index in [-0.39, 0.29) is 6.09 Å². The van der Waals surface area contributed by atoms with Gasteiger partial charge in [0.1, 0.15) is 17.0 Å². The standard InChI is InChI=1S/C18H22IN3O3/c1-18(2,3)25-17(23)21-9-10-22-14(11-21)15(19)16(20-22)12-5-7-13(24-4)8-6-12/h5-8H,9-11H2,1-4H3. The SMILES string of the molecule is COc1ccc(-c2nn3c(c2I)CN(C(=O)OC(C)(C)C)CC3)cc1. The van der Waals surface area contributed by atoms with Crippen molar-refractivity contribution in [2.45, 2.75) is 39.5 Å². The van der Waals surface area contributed by atoms with E-state index in [0.29, 0.717) is 19.6 Å². The second-order valence-corrected chi connectivity index (χ2v) is 8.04. The minimum absolute atomic E-state index is 0.276. The first kappa shape index (κ1) is 18.0. The van der Waals surface area contributed by atoms with Gasteiger partial charge in [-0.1, -0.05) is 0 Å². The minimum atomic E-state index is -0.490. The molecule has 7 heteroatoms. The fourth-order valence-electron chi connectivity index (χ4n) is 2.70. The van der Waals surface area contributed by atoms with Crippen molar-refractivity contribution in [1.29, 1.82) is 0 Å². The summed E-state index contributed by atoms with van der Waals surface area (Å²) in [7, 11) is 1.65. The molecule has 0 bridgehead atoms. The normalized spacial score (nSPS) is 14.2. The number of benzene rings is 1. The van der Waals surface area contributed by atoms with Crippen molar-refractivity contribution in [3.05, 3.63) is 33.5 Å². The highest BCUT2D eigenvalue weighted by atomic mass is 127. The Morgan fingerprint density at radius 1 is 1.20 bits per heavy atom. The Labute approximate surface area is 161 Å². The van der Waals surface area contributed by atoms with Crippen molar-refractivity contribution in [2.75, 3.05) is 13.7 Å². The Bertz CT molecular complexity index is 778. The Hall–Kier alpha value is -1.77. The van der Waals surface area contributed by atoms with E-state index in [2.05, 4.69) is 22.6 Å². The predicted octanol–water partition coefficient (Wildman–Crippen LogP) is 3.91. The smallest absolute Gasteiger partial charge is 0.410 e. The number of carbonyl (C=O) groups is 1. The molecule has 0 aliphatic carbocycles. The van der Waals surface area contributed by atoms with E-state index in [0.717, 1.165) is 26.3 Å². The van der Waals surface area contributed by atoms with Crippen LogP contribution in [-0.4, -0.2) is 40.0 Å². The first-order chi connectivity index (χ1) is 11.8. The van der Waals surface area contributed by atoms with Gasteiger partial charge in [0.25, 0.3) is 0 Å². The Morgan fingerprint density at radius 2 is 1.88 bits per heavy atom. The van der Waals surface area contributed by atoms with Crippen LogP contribution in [0.4, 0.5) is 4.79 Å². The van der Waals surface area contributed by atoms with Gasteiger partial charge in [-0.15, -0.1) is 0 Å². The number of rotatable bonds is 2.